The molecular formula is C16H18FN5O3. The molecule has 4 rings (SSSR count). The molecule has 8 nitrogen and oxygen atoms in total. The third kappa shape index (κ3) is 2.73. The van der Waals surface area contributed by atoms with Crippen LogP contribution in [0.1, 0.15) is 23.9 Å². The summed E-state index contributed by atoms with van der Waals surface area (Å²) in [5, 5.41) is 3.56. The van der Waals surface area contributed by atoms with Gasteiger partial charge in [-0.3, -0.25) is 9.59 Å². The quantitative estimate of drug-likeness (QED) is 0.788. The lowest BCUT2D eigenvalue weighted by molar-refractivity contribution is -0.120. The third-order valence-corrected chi connectivity index (χ3v) is 5.03. The number of aromatic nitrogens is 1. The van der Waals surface area contributed by atoms with Gasteiger partial charge < -0.3 is 14.3 Å². The summed E-state index contributed by atoms with van der Waals surface area (Å²) in [6, 6.07) is 1.56. The first-order valence-electron chi connectivity index (χ1n) is 8.35. The zero-order valence-electron chi connectivity index (χ0n) is 13.8. The minimum Gasteiger partial charge on any atom is -0.351 e. The maximum Gasteiger partial charge on any atom is 0.292 e. The van der Waals surface area contributed by atoms with Crippen molar-refractivity contribution in [3.63, 3.8) is 0 Å². The zero-order valence-corrected chi connectivity index (χ0v) is 13.8. The van der Waals surface area contributed by atoms with E-state index >= 15 is 0 Å². The van der Waals surface area contributed by atoms with Gasteiger partial charge in [0.25, 0.3) is 11.8 Å². The number of fused-ring (bicyclic) bond motifs is 1. The number of halogens is 1. The highest BCUT2D eigenvalue weighted by molar-refractivity contribution is 6.17. The number of carbonyl (C=O) groups is 2. The summed E-state index contributed by atoms with van der Waals surface area (Å²) in [5.41, 5.74) is 0.231. The van der Waals surface area contributed by atoms with Gasteiger partial charge in [0.1, 0.15) is 0 Å². The second-order valence-corrected chi connectivity index (χ2v) is 6.58. The number of carbonyl (C=O) groups excluding carboxylic acids is 2. The summed E-state index contributed by atoms with van der Waals surface area (Å²) >= 11 is 0. The lowest BCUT2D eigenvalue weighted by atomic mass is 10.0. The number of rotatable bonds is 2. The number of guanidine groups is 1. The summed E-state index contributed by atoms with van der Waals surface area (Å²) in [7, 11) is 0. The van der Waals surface area contributed by atoms with Crippen molar-refractivity contribution in [3.8, 4) is 0 Å². The summed E-state index contributed by atoms with van der Waals surface area (Å²) in [6.07, 6.45) is 0.114. The largest absolute Gasteiger partial charge is 0.351 e. The van der Waals surface area contributed by atoms with Crippen LogP contribution in [0.3, 0.4) is 0 Å². The monoisotopic (exact) mass is 347 g/mol. The summed E-state index contributed by atoms with van der Waals surface area (Å²) < 4.78 is 18.7. The maximum absolute atomic E-state index is 13.7. The highest BCUT2D eigenvalue weighted by atomic mass is 19.1. The van der Waals surface area contributed by atoms with Gasteiger partial charge in [-0.15, -0.1) is 0 Å². The number of likely N-dealkylation sites (tertiary alicyclic amines) is 2. The van der Waals surface area contributed by atoms with E-state index in [1.54, 1.807) is 17.9 Å². The number of nitrogens with zero attached hydrogens (tertiary/aromatic N) is 5. The highest BCUT2D eigenvalue weighted by Crippen LogP contribution is 2.32. The smallest absolute Gasteiger partial charge is 0.292 e. The molecule has 4 heterocycles. The van der Waals surface area contributed by atoms with Crippen LogP contribution in [0.25, 0.3) is 0 Å². The van der Waals surface area contributed by atoms with Crippen LogP contribution in [0, 0.1) is 11.8 Å². The van der Waals surface area contributed by atoms with Crippen molar-refractivity contribution in [1.82, 2.24) is 15.0 Å². The van der Waals surface area contributed by atoms with Crippen LogP contribution < -0.4 is 0 Å². The number of hydrogen-bond acceptors (Lipinski definition) is 6. The Hall–Kier alpha value is -2.58. The van der Waals surface area contributed by atoms with Crippen molar-refractivity contribution in [1.29, 1.82) is 0 Å². The molecule has 9 heteroatoms. The van der Waals surface area contributed by atoms with Crippen molar-refractivity contribution in [2.75, 3.05) is 26.2 Å². The van der Waals surface area contributed by atoms with Gasteiger partial charge in [0, 0.05) is 44.1 Å². The highest BCUT2D eigenvalue weighted by Gasteiger charge is 2.44. The molecular weight excluding hydrogens is 329 g/mol. The molecule has 132 valence electrons. The van der Waals surface area contributed by atoms with Crippen molar-refractivity contribution in [3.05, 3.63) is 18.0 Å². The Morgan fingerprint density at radius 1 is 1.28 bits per heavy atom. The molecule has 2 amide bonds. The van der Waals surface area contributed by atoms with E-state index < -0.39 is 12.1 Å². The first kappa shape index (κ1) is 15.9. The summed E-state index contributed by atoms with van der Waals surface area (Å²) in [5.74, 6) is 0.154. The van der Waals surface area contributed by atoms with Crippen molar-refractivity contribution in [2.45, 2.75) is 19.5 Å². The molecule has 3 unspecified atom stereocenters. The van der Waals surface area contributed by atoms with Gasteiger partial charge in [-0.05, 0) is 6.42 Å². The Morgan fingerprint density at radius 2 is 2.00 bits per heavy atom. The normalized spacial score (nSPS) is 28.9. The average Bonchev–Trinajstić information content (AvgIpc) is 3.32. The van der Waals surface area contributed by atoms with Gasteiger partial charge in [0.2, 0.25) is 17.9 Å². The van der Waals surface area contributed by atoms with E-state index in [1.165, 1.54) is 6.20 Å². The molecule has 3 atom stereocenters. The Balaban J connectivity index is 1.43. The Kier molecular flexibility index (Phi) is 3.85. The third-order valence-electron chi connectivity index (χ3n) is 5.03. The van der Waals surface area contributed by atoms with Crippen molar-refractivity contribution >= 4 is 23.5 Å². The predicted molar refractivity (Wildman–Crippen MR) is 86.0 cm³/mol. The molecule has 0 spiro atoms. The van der Waals surface area contributed by atoms with Crippen LogP contribution in [0.15, 0.2) is 26.8 Å². The zero-order chi connectivity index (χ0) is 17.6. The molecule has 2 saturated heterocycles. The average molecular weight is 347 g/mol. The molecule has 0 N–H and O–H groups in total. The fourth-order valence-electron chi connectivity index (χ4n) is 3.71. The number of amides is 2. The standard InChI is InChI=1S/C16H18FN5O3/c1-2-11-13(17)14(23)20-16(19-11)22-7-9-5-21(6-10(9)8-22)15(24)12-3-4-18-25-12/h3-4,9-10,13H,2,5-8H2,1H3. The second-order valence-electron chi connectivity index (χ2n) is 6.58. The molecule has 0 aliphatic carbocycles. The van der Waals surface area contributed by atoms with Crippen molar-refractivity contribution in [2.24, 2.45) is 21.8 Å². The van der Waals surface area contributed by atoms with E-state index in [0.717, 1.165) is 0 Å². The molecule has 3 aliphatic heterocycles. The lowest BCUT2D eigenvalue weighted by Gasteiger charge is -2.24. The Labute approximate surface area is 143 Å². The lowest BCUT2D eigenvalue weighted by Crippen LogP contribution is -2.39. The van der Waals surface area contributed by atoms with E-state index in [9.17, 15) is 14.0 Å². The minimum atomic E-state index is -1.72. The molecule has 25 heavy (non-hydrogen) atoms. The molecule has 0 radical (unpaired) electrons. The van der Waals surface area contributed by atoms with Crippen LogP contribution >= 0.6 is 0 Å². The van der Waals surface area contributed by atoms with Gasteiger partial charge in [-0.2, -0.15) is 4.99 Å². The van der Waals surface area contributed by atoms with E-state index in [4.69, 9.17) is 4.52 Å². The first-order valence-corrected chi connectivity index (χ1v) is 8.35. The van der Waals surface area contributed by atoms with Crippen molar-refractivity contribution < 1.29 is 18.5 Å². The Bertz CT molecular complexity index is 746. The second kappa shape index (κ2) is 6.05. The van der Waals surface area contributed by atoms with Crippen LogP contribution in [0.4, 0.5) is 4.39 Å². The van der Waals surface area contributed by atoms with Gasteiger partial charge in [0.05, 0.1) is 11.9 Å². The van der Waals surface area contributed by atoms with Crippen LogP contribution in [0.2, 0.25) is 0 Å². The first-order chi connectivity index (χ1) is 12.1. The number of hydrogen-bond donors (Lipinski definition) is 0. The van der Waals surface area contributed by atoms with Crippen LogP contribution in [-0.2, 0) is 4.79 Å². The van der Waals surface area contributed by atoms with Crippen LogP contribution in [0.5, 0.6) is 0 Å². The number of alkyl halides is 1. The predicted octanol–water partition coefficient (Wildman–Crippen LogP) is 0.764. The van der Waals surface area contributed by atoms with E-state index in [2.05, 4.69) is 15.1 Å². The molecule has 0 saturated carbocycles. The van der Waals surface area contributed by atoms with E-state index in [1.807, 2.05) is 4.90 Å². The van der Waals surface area contributed by atoms with Gasteiger partial charge in [0.15, 0.2) is 0 Å². The minimum absolute atomic E-state index is 0.157. The fourth-order valence-corrected chi connectivity index (χ4v) is 3.71. The van der Waals surface area contributed by atoms with E-state index in [-0.39, 0.29) is 29.2 Å². The van der Waals surface area contributed by atoms with Gasteiger partial charge in [-0.1, -0.05) is 12.1 Å². The molecule has 3 aliphatic rings. The molecule has 0 aromatic carbocycles. The Morgan fingerprint density at radius 3 is 2.60 bits per heavy atom. The summed E-state index contributed by atoms with van der Waals surface area (Å²) in [4.78, 5) is 35.8. The number of aliphatic imine (C=N–C) groups is 2. The van der Waals surface area contributed by atoms with Gasteiger partial charge >= 0.3 is 0 Å². The van der Waals surface area contributed by atoms with Crippen LogP contribution in [-0.4, -0.2) is 70.8 Å². The van der Waals surface area contributed by atoms with Gasteiger partial charge in [-0.25, -0.2) is 9.38 Å². The molecule has 1 aromatic heterocycles. The van der Waals surface area contributed by atoms with E-state index in [0.29, 0.717) is 38.6 Å². The maximum atomic E-state index is 13.7. The summed E-state index contributed by atoms with van der Waals surface area (Å²) in [6.45, 7) is 4.28. The molecule has 2 fully saturated rings. The fraction of sp³-hybridized carbons (Fsp3) is 0.562. The molecule has 0 bridgehead atoms. The molecule has 1 aromatic rings. The SMILES string of the molecule is CCC1=NC(N2CC3CN(C(=O)c4ccno4)CC3C2)=NC(=O)C1F. The topological polar surface area (TPSA) is 91.4 Å².